The summed E-state index contributed by atoms with van der Waals surface area (Å²) in [7, 11) is 0. The average molecular weight is 440 g/mol. The van der Waals surface area contributed by atoms with Crippen molar-refractivity contribution in [3.05, 3.63) is 94.9 Å². The van der Waals surface area contributed by atoms with Gasteiger partial charge in [0.1, 0.15) is 11.8 Å². The van der Waals surface area contributed by atoms with Gasteiger partial charge in [-0.1, -0.05) is 49.4 Å². The highest BCUT2D eigenvalue weighted by Gasteiger charge is 2.33. The summed E-state index contributed by atoms with van der Waals surface area (Å²) >= 11 is 0. The van der Waals surface area contributed by atoms with Crippen LogP contribution < -0.4 is 0 Å². The summed E-state index contributed by atoms with van der Waals surface area (Å²) in [4.78, 5) is 16.1. The van der Waals surface area contributed by atoms with Gasteiger partial charge in [-0.15, -0.1) is 0 Å². The normalized spacial score (nSPS) is 12.8. The molecule has 1 unspecified atom stereocenters. The zero-order valence-corrected chi connectivity index (χ0v) is 17.0. The van der Waals surface area contributed by atoms with Crippen LogP contribution in [0.5, 0.6) is 0 Å². The topological polar surface area (TPSA) is 74.8 Å². The number of carbonyl (C=O) groups is 1. The molecule has 0 amide bonds. The third-order valence-corrected chi connectivity index (χ3v) is 5.29. The highest BCUT2D eigenvalue weighted by Crippen LogP contribution is 2.35. The van der Waals surface area contributed by atoms with Crippen molar-refractivity contribution in [1.82, 2.24) is 9.38 Å². The lowest BCUT2D eigenvalue weighted by Crippen LogP contribution is -2.12. The summed E-state index contributed by atoms with van der Waals surface area (Å²) in [6, 6.07) is 15.0. The minimum Gasteiger partial charge on any atom is -0.478 e. The van der Waals surface area contributed by atoms with Gasteiger partial charge in [-0.25, -0.2) is 9.78 Å². The summed E-state index contributed by atoms with van der Waals surface area (Å²) in [6.45, 7) is 1.82. The second kappa shape index (κ2) is 8.12. The van der Waals surface area contributed by atoms with Gasteiger partial charge in [0.15, 0.2) is 0 Å². The Morgan fingerprint density at radius 2 is 1.81 bits per heavy atom. The van der Waals surface area contributed by atoms with Crippen LogP contribution in [0.1, 0.15) is 45.9 Å². The van der Waals surface area contributed by atoms with Gasteiger partial charge in [-0.05, 0) is 41.3 Å². The Morgan fingerprint density at radius 1 is 1.09 bits per heavy atom. The lowest BCUT2D eigenvalue weighted by atomic mass is 9.94. The number of aliphatic hydroxyl groups excluding tert-OH is 1. The van der Waals surface area contributed by atoms with Gasteiger partial charge in [0.05, 0.1) is 22.5 Å². The molecule has 2 N–H and O–H groups in total. The lowest BCUT2D eigenvalue weighted by Gasteiger charge is -2.18. The number of aromatic carboxylic acids is 1. The second-order valence-corrected chi connectivity index (χ2v) is 7.36. The van der Waals surface area contributed by atoms with Crippen molar-refractivity contribution >= 4 is 11.6 Å². The van der Waals surface area contributed by atoms with Crippen LogP contribution in [0.2, 0.25) is 0 Å². The molecule has 8 heteroatoms. The van der Waals surface area contributed by atoms with E-state index < -0.39 is 23.8 Å². The zero-order chi connectivity index (χ0) is 23.0. The van der Waals surface area contributed by atoms with Gasteiger partial charge in [-0.2, -0.15) is 13.2 Å². The number of rotatable bonds is 5. The largest absolute Gasteiger partial charge is 0.478 e. The van der Waals surface area contributed by atoms with E-state index in [1.807, 2.05) is 6.92 Å². The number of aliphatic hydroxyl groups is 1. The number of imidazole rings is 1. The molecule has 0 spiro atoms. The number of benzene rings is 2. The molecule has 0 bridgehead atoms. The molecule has 0 saturated carbocycles. The molecule has 0 aliphatic carbocycles. The number of aryl methyl sites for hydroxylation is 1. The second-order valence-electron chi connectivity index (χ2n) is 7.36. The van der Waals surface area contributed by atoms with Gasteiger partial charge in [0.25, 0.3) is 0 Å². The van der Waals surface area contributed by atoms with E-state index >= 15 is 0 Å². The maximum atomic E-state index is 13.5. The van der Waals surface area contributed by atoms with Crippen molar-refractivity contribution in [2.75, 3.05) is 0 Å². The number of fused-ring (bicyclic) bond motifs is 1. The molecule has 2 aromatic carbocycles. The van der Waals surface area contributed by atoms with Crippen LogP contribution in [0, 0.1) is 0 Å². The molecule has 0 fully saturated rings. The van der Waals surface area contributed by atoms with Gasteiger partial charge in [-0.3, -0.25) is 0 Å². The Kier molecular flexibility index (Phi) is 5.48. The molecule has 0 radical (unpaired) electrons. The quantitative estimate of drug-likeness (QED) is 0.438. The van der Waals surface area contributed by atoms with Gasteiger partial charge >= 0.3 is 12.1 Å². The third kappa shape index (κ3) is 3.97. The summed E-state index contributed by atoms with van der Waals surface area (Å²) in [5.74, 6) is -1.21. The Morgan fingerprint density at radius 3 is 2.44 bits per heavy atom. The molecule has 2 aromatic heterocycles. The highest BCUT2D eigenvalue weighted by atomic mass is 19.4. The molecular weight excluding hydrogens is 421 g/mol. The first-order valence-electron chi connectivity index (χ1n) is 9.89. The van der Waals surface area contributed by atoms with Crippen LogP contribution >= 0.6 is 0 Å². The standard InChI is InChI=1S/C24H19F3N2O3/c1-2-17-13-29-20(11-16(24(25,26)27)12-21(29)28-17)22(30)15-8-9-18(19(10-15)23(31)32)14-6-4-3-5-7-14/h3-13,22,30H,2H2,1H3,(H,31,32). The predicted molar refractivity (Wildman–Crippen MR) is 112 cm³/mol. The molecule has 32 heavy (non-hydrogen) atoms. The fraction of sp³-hybridized carbons (Fsp3) is 0.167. The van der Waals surface area contributed by atoms with Crippen molar-refractivity contribution < 1.29 is 28.2 Å². The van der Waals surface area contributed by atoms with E-state index in [4.69, 9.17) is 0 Å². The fourth-order valence-corrected chi connectivity index (χ4v) is 3.66. The summed E-state index contributed by atoms with van der Waals surface area (Å²) < 4.78 is 41.8. The van der Waals surface area contributed by atoms with Gasteiger partial charge in [0.2, 0.25) is 0 Å². The van der Waals surface area contributed by atoms with E-state index in [1.54, 1.807) is 42.6 Å². The summed E-state index contributed by atoms with van der Waals surface area (Å²) in [5, 5.41) is 20.7. The van der Waals surface area contributed by atoms with Crippen molar-refractivity contribution in [1.29, 1.82) is 0 Å². The molecule has 4 rings (SSSR count). The Hall–Kier alpha value is -3.65. The smallest absolute Gasteiger partial charge is 0.416 e. The van der Waals surface area contributed by atoms with E-state index in [0.717, 1.165) is 12.1 Å². The highest BCUT2D eigenvalue weighted by molar-refractivity contribution is 5.96. The molecule has 0 saturated heterocycles. The predicted octanol–water partition coefficient (Wildman–Crippen LogP) is 5.36. The Labute approximate surface area is 181 Å². The third-order valence-electron chi connectivity index (χ3n) is 5.29. The van der Waals surface area contributed by atoms with Crippen LogP contribution in [-0.2, 0) is 12.6 Å². The number of alkyl halides is 3. The molecule has 4 aromatic rings. The summed E-state index contributed by atoms with van der Waals surface area (Å²) in [6.07, 6.45) is -4.04. The first-order chi connectivity index (χ1) is 15.2. The minimum atomic E-state index is -4.63. The Balaban J connectivity index is 1.87. The van der Waals surface area contributed by atoms with Crippen molar-refractivity contribution in [3.8, 4) is 11.1 Å². The maximum absolute atomic E-state index is 13.5. The molecule has 1 atom stereocenters. The van der Waals surface area contributed by atoms with Crippen LogP contribution in [0.15, 0.2) is 66.9 Å². The van der Waals surface area contributed by atoms with E-state index in [9.17, 15) is 28.2 Å². The minimum absolute atomic E-state index is 0.0502. The van der Waals surface area contributed by atoms with E-state index in [-0.39, 0.29) is 22.5 Å². The maximum Gasteiger partial charge on any atom is 0.416 e. The zero-order valence-electron chi connectivity index (χ0n) is 17.0. The SMILES string of the molecule is CCc1cn2c(C(O)c3ccc(-c4ccccc4)c(C(=O)O)c3)cc(C(F)(F)F)cc2n1. The number of carboxylic acids is 1. The van der Waals surface area contributed by atoms with Crippen LogP contribution in [-0.4, -0.2) is 25.6 Å². The number of hydrogen-bond acceptors (Lipinski definition) is 3. The summed E-state index contributed by atoms with van der Waals surface area (Å²) in [5.41, 5.74) is 0.866. The molecule has 164 valence electrons. The molecule has 0 aliphatic rings. The van der Waals surface area contributed by atoms with E-state index in [2.05, 4.69) is 4.98 Å². The van der Waals surface area contributed by atoms with E-state index in [1.165, 1.54) is 16.5 Å². The van der Waals surface area contributed by atoms with Crippen molar-refractivity contribution in [3.63, 3.8) is 0 Å². The van der Waals surface area contributed by atoms with Gasteiger partial charge in [0, 0.05) is 6.20 Å². The molecule has 5 nitrogen and oxygen atoms in total. The number of nitrogens with zero attached hydrogens (tertiary/aromatic N) is 2. The van der Waals surface area contributed by atoms with Crippen LogP contribution in [0.3, 0.4) is 0 Å². The number of hydrogen-bond donors (Lipinski definition) is 2. The molecular formula is C24H19F3N2O3. The van der Waals surface area contributed by atoms with Gasteiger partial charge < -0.3 is 14.6 Å². The van der Waals surface area contributed by atoms with Crippen LogP contribution in [0.25, 0.3) is 16.8 Å². The monoisotopic (exact) mass is 440 g/mol. The first-order valence-corrected chi connectivity index (χ1v) is 9.89. The number of halogens is 3. The fourth-order valence-electron chi connectivity index (χ4n) is 3.66. The van der Waals surface area contributed by atoms with Crippen molar-refractivity contribution in [2.45, 2.75) is 25.6 Å². The van der Waals surface area contributed by atoms with Crippen molar-refractivity contribution in [2.24, 2.45) is 0 Å². The number of carboxylic acid groups (broad SMARTS) is 1. The first kappa shape index (κ1) is 21.6. The average Bonchev–Trinajstić information content (AvgIpc) is 3.21. The molecule has 2 heterocycles. The number of pyridine rings is 1. The van der Waals surface area contributed by atoms with E-state index in [0.29, 0.717) is 23.2 Å². The Bertz CT molecular complexity index is 1300. The molecule has 0 aliphatic heterocycles. The lowest BCUT2D eigenvalue weighted by molar-refractivity contribution is -0.137. The number of aromatic nitrogens is 2. The van der Waals surface area contributed by atoms with Crippen LogP contribution in [0.4, 0.5) is 13.2 Å².